The molecule has 0 radical (unpaired) electrons. The lowest BCUT2D eigenvalue weighted by molar-refractivity contribution is 0.0645. The Morgan fingerprint density at radius 1 is 1.24 bits per heavy atom. The minimum atomic E-state index is -0.121. The van der Waals surface area contributed by atoms with E-state index in [1.54, 1.807) is 6.07 Å². The van der Waals surface area contributed by atoms with Gasteiger partial charge in [0.15, 0.2) is 0 Å². The normalized spacial score (nSPS) is 19.5. The van der Waals surface area contributed by atoms with E-state index < -0.39 is 0 Å². The lowest BCUT2D eigenvalue weighted by atomic mass is 10.1. The summed E-state index contributed by atoms with van der Waals surface area (Å²) in [5, 5.41) is 3.32. The van der Waals surface area contributed by atoms with Gasteiger partial charge < -0.3 is 5.32 Å². The minimum absolute atomic E-state index is 0.0262. The van der Waals surface area contributed by atoms with E-state index in [1.165, 1.54) is 6.07 Å². The number of benzene rings is 1. The van der Waals surface area contributed by atoms with Crippen LogP contribution < -0.4 is 5.32 Å². The van der Waals surface area contributed by atoms with Gasteiger partial charge in [-0.15, -0.1) is 0 Å². The van der Waals surface area contributed by atoms with Crippen molar-refractivity contribution in [3.8, 4) is 0 Å². The zero-order chi connectivity index (χ0) is 12.3. The van der Waals surface area contributed by atoms with Gasteiger partial charge >= 0.3 is 0 Å². The highest BCUT2D eigenvalue weighted by atomic mass is 19.1. The zero-order valence-corrected chi connectivity index (χ0v) is 10.5. The molecule has 0 bridgehead atoms. The average Bonchev–Trinajstić information content (AvgIpc) is 2.33. The van der Waals surface area contributed by atoms with E-state index in [0.717, 1.165) is 31.7 Å². The smallest absolute Gasteiger partial charge is 0.129 e. The highest BCUT2D eigenvalue weighted by Gasteiger charge is 2.25. The van der Waals surface area contributed by atoms with Gasteiger partial charge in [-0.05, 0) is 20.2 Å². The Kier molecular flexibility index (Phi) is 4.10. The predicted molar refractivity (Wildman–Crippen MR) is 67.3 cm³/mol. The van der Waals surface area contributed by atoms with Crippen LogP contribution in [0.1, 0.15) is 11.7 Å². The van der Waals surface area contributed by atoms with E-state index in [1.807, 2.05) is 26.2 Å². The summed E-state index contributed by atoms with van der Waals surface area (Å²) in [5.74, 6) is -0.121. The van der Waals surface area contributed by atoms with Crippen LogP contribution in [0.15, 0.2) is 24.3 Å². The minimum Gasteiger partial charge on any atom is -0.314 e. The summed E-state index contributed by atoms with van der Waals surface area (Å²) in [6.07, 6.45) is 0.0262. The van der Waals surface area contributed by atoms with Crippen molar-refractivity contribution in [3.05, 3.63) is 35.6 Å². The van der Waals surface area contributed by atoms with E-state index in [4.69, 9.17) is 0 Å². The molecule has 94 valence electrons. The van der Waals surface area contributed by atoms with Crippen LogP contribution in [0.2, 0.25) is 0 Å². The van der Waals surface area contributed by atoms with Gasteiger partial charge in [0, 0.05) is 31.7 Å². The van der Waals surface area contributed by atoms with Gasteiger partial charge in [0.1, 0.15) is 5.82 Å². The van der Waals surface area contributed by atoms with Crippen LogP contribution in [0, 0.1) is 5.82 Å². The van der Waals surface area contributed by atoms with Crippen LogP contribution in [0.25, 0.3) is 0 Å². The molecule has 0 saturated carbocycles. The van der Waals surface area contributed by atoms with Crippen molar-refractivity contribution in [1.82, 2.24) is 15.1 Å². The Labute approximate surface area is 102 Å². The summed E-state index contributed by atoms with van der Waals surface area (Å²) in [6.45, 7) is 3.85. The van der Waals surface area contributed by atoms with Gasteiger partial charge in [0.25, 0.3) is 0 Å². The molecule has 1 atom stereocenters. The molecule has 1 aromatic rings. The molecule has 4 heteroatoms. The van der Waals surface area contributed by atoms with Crippen LogP contribution in [-0.4, -0.2) is 50.1 Å². The molecule has 1 N–H and O–H groups in total. The summed E-state index contributed by atoms with van der Waals surface area (Å²) >= 11 is 0. The van der Waals surface area contributed by atoms with Gasteiger partial charge in [-0.2, -0.15) is 0 Å². The van der Waals surface area contributed by atoms with Gasteiger partial charge in [0.05, 0.1) is 6.17 Å². The van der Waals surface area contributed by atoms with Crippen molar-refractivity contribution in [2.45, 2.75) is 6.17 Å². The summed E-state index contributed by atoms with van der Waals surface area (Å²) < 4.78 is 13.9. The quantitative estimate of drug-likeness (QED) is 0.854. The molecule has 2 rings (SSSR count). The maximum atomic E-state index is 13.9. The Bertz CT molecular complexity index is 361. The number of rotatable bonds is 3. The summed E-state index contributed by atoms with van der Waals surface area (Å²) in [4.78, 5) is 4.39. The Hall–Kier alpha value is -0.970. The molecule has 0 aliphatic carbocycles. The number of halogens is 1. The summed E-state index contributed by atoms with van der Waals surface area (Å²) in [6, 6.07) is 7.05. The third-order valence-corrected chi connectivity index (χ3v) is 3.17. The van der Waals surface area contributed by atoms with Gasteiger partial charge in [-0.25, -0.2) is 4.39 Å². The number of nitrogens with one attached hydrogen (secondary N) is 1. The second kappa shape index (κ2) is 5.58. The fraction of sp³-hybridized carbons (Fsp3) is 0.538. The average molecular weight is 237 g/mol. The summed E-state index contributed by atoms with van der Waals surface area (Å²) in [5.41, 5.74) is 0.763. The van der Waals surface area contributed by atoms with Crippen LogP contribution in [0.3, 0.4) is 0 Å². The van der Waals surface area contributed by atoms with E-state index in [0.29, 0.717) is 0 Å². The molecule has 17 heavy (non-hydrogen) atoms. The highest BCUT2D eigenvalue weighted by Crippen LogP contribution is 2.25. The molecule has 0 aromatic heterocycles. The number of nitrogens with zero attached hydrogens (tertiary/aromatic N) is 2. The maximum Gasteiger partial charge on any atom is 0.129 e. The zero-order valence-electron chi connectivity index (χ0n) is 10.5. The van der Waals surface area contributed by atoms with Crippen LogP contribution in [0.4, 0.5) is 4.39 Å². The van der Waals surface area contributed by atoms with E-state index in [2.05, 4.69) is 15.1 Å². The second-order valence-electron chi connectivity index (χ2n) is 4.64. The monoisotopic (exact) mass is 237 g/mol. The van der Waals surface area contributed by atoms with E-state index >= 15 is 0 Å². The number of hydrogen-bond acceptors (Lipinski definition) is 3. The van der Waals surface area contributed by atoms with Crippen LogP contribution in [-0.2, 0) is 0 Å². The van der Waals surface area contributed by atoms with Crippen molar-refractivity contribution in [3.63, 3.8) is 0 Å². The topological polar surface area (TPSA) is 18.5 Å². The second-order valence-corrected chi connectivity index (χ2v) is 4.64. The Morgan fingerprint density at radius 3 is 2.47 bits per heavy atom. The molecule has 1 unspecified atom stereocenters. The maximum absolute atomic E-state index is 13.9. The molecule has 1 fully saturated rings. The first-order valence-electron chi connectivity index (χ1n) is 6.06. The molecular formula is C13H20FN3. The fourth-order valence-corrected chi connectivity index (χ4v) is 2.41. The highest BCUT2D eigenvalue weighted by molar-refractivity contribution is 5.21. The standard InChI is InChI=1S/C13H20FN3/c1-16(2)13(17-9-7-15-8-10-17)11-5-3-4-6-12(11)14/h3-6,13,15H,7-10H2,1-2H3. The molecule has 1 heterocycles. The van der Waals surface area contributed by atoms with Crippen LogP contribution in [0.5, 0.6) is 0 Å². The first-order chi connectivity index (χ1) is 8.20. The first kappa shape index (κ1) is 12.5. The lowest BCUT2D eigenvalue weighted by Gasteiger charge is -2.38. The molecule has 3 nitrogen and oxygen atoms in total. The Balaban J connectivity index is 2.25. The molecule has 0 spiro atoms. The Morgan fingerprint density at radius 2 is 1.88 bits per heavy atom. The van der Waals surface area contributed by atoms with Crippen molar-refractivity contribution in [2.24, 2.45) is 0 Å². The largest absolute Gasteiger partial charge is 0.314 e. The molecule has 1 aliphatic heterocycles. The van der Waals surface area contributed by atoms with Crippen molar-refractivity contribution >= 4 is 0 Å². The number of hydrogen-bond donors (Lipinski definition) is 1. The van der Waals surface area contributed by atoms with E-state index in [-0.39, 0.29) is 12.0 Å². The fourth-order valence-electron chi connectivity index (χ4n) is 2.41. The molecular weight excluding hydrogens is 217 g/mol. The molecule has 0 amide bonds. The summed E-state index contributed by atoms with van der Waals surface area (Å²) in [7, 11) is 4.00. The van der Waals surface area contributed by atoms with Crippen molar-refractivity contribution in [1.29, 1.82) is 0 Å². The van der Waals surface area contributed by atoms with Crippen LogP contribution >= 0.6 is 0 Å². The molecule has 1 aromatic carbocycles. The van der Waals surface area contributed by atoms with Crippen molar-refractivity contribution < 1.29 is 4.39 Å². The molecule has 1 aliphatic rings. The predicted octanol–water partition coefficient (Wildman–Crippen LogP) is 1.29. The number of piperazine rings is 1. The third-order valence-electron chi connectivity index (χ3n) is 3.17. The van der Waals surface area contributed by atoms with Crippen molar-refractivity contribution in [2.75, 3.05) is 40.3 Å². The molecule has 1 saturated heterocycles. The first-order valence-corrected chi connectivity index (χ1v) is 6.06. The van der Waals surface area contributed by atoms with Gasteiger partial charge in [0.2, 0.25) is 0 Å². The SMILES string of the molecule is CN(C)C(c1ccccc1F)N1CCNCC1. The van der Waals surface area contributed by atoms with Gasteiger partial charge in [-0.1, -0.05) is 18.2 Å². The lowest BCUT2D eigenvalue weighted by Crippen LogP contribution is -2.48. The van der Waals surface area contributed by atoms with E-state index in [9.17, 15) is 4.39 Å². The third kappa shape index (κ3) is 2.83. The van der Waals surface area contributed by atoms with Gasteiger partial charge in [-0.3, -0.25) is 9.80 Å².